The standard InChI is InChI=1S/C18H28O/c1-18(2,3)16-11-9-15(10-12-16)17(13-19)14-7-5-4-6-8-14/h9-12,14,17,19H,4-8,13H2,1-3H3. The van der Waals surface area contributed by atoms with Crippen molar-refractivity contribution in [2.24, 2.45) is 5.92 Å². The van der Waals surface area contributed by atoms with Crippen molar-refractivity contribution in [1.29, 1.82) is 0 Å². The molecule has 1 aliphatic rings. The molecular formula is C18H28O. The molecule has 2 rings (SSSR count). The lowest BCUT2D eigenvalue weighted by Crippen LogP contribution is -2.20. The van der Waals surface area contributed by atoms with Crippen molar-refractivity contribution in [2.45, 2.75) is 64.2 Å². The van der Waals surface area contributed by atoms with E-state index in [1.807, 2.05) is 0 Å². The smallest absolute Gasteiger partial charge is 0.0502 e. The van der Waals surface area contributed by atoms with Crippen molar-refractivity contribution in [1.82, 2.24) is 0 Å². The van der Waals surface area contributed by atoms with Gasteiger partial charge in [-0.05, 0) is 35.3 Å². The zero-order valence-corrected chi connectivity index (χ0v) is 12.7. The molecule has 0 bridgehead atoms. The van der Waals surface area contributed by atoms with Crippen molar-refractivity contribution in [2.75, 3.05) is 6.61 Å². The molecule has 0 spiro atoms. The Morgan fingerprint density at radius 3 is 2.11 bits per heavy atom. The third-order valence-corrected chi connectivity index (χ3v) is 4.62. The first kappa shape index (κ1) is 14.6. The van der Waals surface area contributed by atoms with Gasteiger partial charge in [0.15, 0.2) is 0 Å². The van der Waals surface area contributed by atoms with Gasteiger partial charge in [-0.15, -0.1) is 0 Å². The van der Waals surface area contributed by atoms with Gasteiger partial charge in [0.05, 0.1) is 6.61 Å². The number of rotatable bonds is 3. The molecule has 1 aromatic carbocycles. The van der Waals surface area contributed by atoms with E-state index in [4.69, 9.17) is 0 Å². The fourth-order valence-corrected chi connectivity index (χ4v) is 3.29. The maximum atomic E-state index is 9.76. The SMILES string of the molecule is CC(C)(C)c1ccc(C(CO)C2CCCCC2)cc1. The minimum Gasteiger partial charge on any atom is -0.396 e. The van der Waals surface area contributed by atoms with Gasteiger partial charge in [-0.25, -0.2) is 0 Å². The van der Waals surface area contributed by atoms with Gasteiger partial charge >= 0.3 is 0 Å². The first-order valence-electron chi connectivity index (χ1n) is 7.73. The van der Waals surface area contributed by atoms with Crippen LogP contribution in [-0.4, -0.2) is 11.7 Å². The lowest BCUT2D eigenvalue weighted by Gasteiger charge is -2.30. The predicted molar refractivity (Wildman–Crippen MR) is 81.5 cm³/mol. The lowest BCUT2D eigenvalue weighted by molar-refractivity contribution is 0.196. The van der Waals surface area contributed by atoms with E-state index in [1.54, 1.807) is 0 Å². The van der Waals surface area contributed by atoms with Gasteiger partial charge in [-0.2, -0.15) is 0 Å². The van der Waals surface area contributed by atoms with E-state index in [-0.39, 0.29) is 5.41 Å². The highest BCUT2D eigenvalue weighted by atomic mass is 16.3. The minimum atomic E-state index is 0.206. The van der Waals surface area contributed by atoms with Gasteiger partial charge in [0.2, 0.25) is 0 Å². The van der Waals surface area contributed by atoms with Gasteiger partial charge in [0, 0.05) is 5.92 Å². The van der Waals surface area contributed by atoms with Crippen molar-refractivity contribution < 1.29 is 5.11 Å². The largest absolute Gasteiger partial charge is 0.396 e. The molecule has 1 nitrogen and oxygen atoms in total. The van der Waals surface area contributed by atoms with E-state index in [9.17, 15) is 5.11 Å². The monoisotopic (exact) mass is 260 g/mol. The molecule has 0 heterocycles. The van der Waals surface area contributed by atoms with Crippen LogP contribution in [0.2, 0.25) is 0 Å². The molecule has 1 unspecified atom stereocenters. The molecule has 0 amide bonds. The summed E-state index contributed by atoms with van der Waals surface area (Å²) in [5.74, 6) is 1.02. The summed E-state index contributed by atoms with van der Waals surface area (Å²) < 4.78 is 0. The molecule has 0 aliphatic heterocycles. The fraction of sp³-hybridized carbons (Fsp3) is 0.667. The van der Waals surface area contributed by atoms with Crippen LogP contribution in [0.25, 0.3) is 0 Å². The highest BCUT2D eigenvalue weighted by Gasteiger charge is 2.24. The van der Waals surface area contributed by atoms with Crippen LogP contribution in [0.3, 0.4) is 0 Å². The van der Waals surface area contributed by atoms with E-state index >= 15 is 0 Å². The number of hydrogen-bond donors (Lipinski definition) is 1. The minimum absolute atomic E-state index is 0.206. The Morgan fingerprint density at radius 2 is 1.63 bits per heavy atom. The highest BCUT2D eigenvalue weighted by molar-refractivity contribution is 5.30. The van der Waals surface area contributed by atoms with Crippen molar-refractivity contribution in [3.63, 3.8) is 0 Å². The van der Waals surface area contributed by atoms with Crippen LogP contribution < -0.4 is 0 Å². The average molecular weight is 260 g/mol. The highest BCUT2D eigenvalue weighted by Crippen LogP contribution is 2.36. The summed E-state index contributed by atoms with van der Waals surface area (Å²) in [7, 11) is 0. The molecule has 0 radical (unpaired) electrons. The van der Waals surface area contributed by atoms with Gasteiger partial charge in [-0.3, -0.25) is 0 Å². The van der Waals surface area contributed by atoms with Crippen LogP contribution in [0.4, 0.5) is 0 Å². The Bertz CT molecular complexity index is 379. The second-order valence-corrected chi connectivity index (χ2v) is 7.06. The van der Waals surface area contributed by atoms with Crippen molar-refractivity contribution >= 4 is 0 Å². The Labute approximate surface area is 118 Å². The second kappa shape index (κ2) is 6.09. The summed E-state index contributed by atoms with van der Waals surface area (Å²) in [6, 6.07) is 8.94. The number of aliphatic hydroxyl groups excluding tert-OH is 1. The number of aliphatic hydroxyl groups is 1. The Hall–Kier alpha value is -0.820. The van der Waals surface area contributed by atoms with E-state index < -0.39 is 0 Å². The van der Waals surface area contributed by atoms with Crippen molar-refractivity contribution in [3.05, 3.63) is 35.4 Å². The molecule has 0 aromatic heterocycles. The molecule has 0 saturated heterocycles. The normalized spacial score (nSPS) is 19.4. The third kappa shape index (κ3) is 3.60. The number of hydrogen-bond acceptors (Lipinski definition) is 1. The van der Waals surface area contributed by atoms with Crippen LogP contribution in [0.5, 0.6) is 0 Å². The average Bonchev–Trinajstić information content (AvgIpc) is 2.40. The summed E-state index contributed by atoms with van der Waals surface area (Å²) >= 11 is 0. The topological polar surface area (TPSA) is 20.2 Å². The first-order valence-corrected chi connectivity index (χ1v) is 7.73. The number of benzene rings is 1. The second-order valence-electron chi connectivity index (χ2n) is 7.06. The van der Waals surface area contributed by atoms with E-state index in [0.717, 1.165) is 0 Å². The molecule has 1 aliphatic carbocycles. The van der Waals surface area contributed by atoms with Crippen LogP contribution in [-0.2, 0) is 5.41 Å². The predicted octanol–water partition coefficient (Wildman–Crippen LogP) is 4.64. The lowest BCUT2D eigenvalue weighted by atomic mass is 9.76. The first-order chi connectivity index (χ1) is 9.02. The third-order valence-electron chi connectivity index (χ3n) is 4.62. The molecule has 1 heteroatoms. The maximum Gasteiger partial charge on any atom is 0.0502 e. The molecular weight excluding hydrogens is 232 g/mol. The van der Waals surface area contributed by atoms with Crippen LogP contribution in [0.1, 0.15) is 69.9 Å². The summed E-state index contributed by atoms with van der Waals surface area (Å²) in [5, 5.41) is 9.76. The zero-order valence-electron chi connectivity index (χ0n) is 12.7. The quantitative estimate of drug-likeness (QED) is 0.839. The maximum absolute atomic E-state index is 9.76. The molecule has 106 valence electrons. The summed E-state index contributed by atoms with van der Waals surface area (Å²) in [4.78, 5) is 0. The van der Waals surface area contributed by atoms with Crippen LogP contribution >= 0.6 is 0 Å². The van der Waals surface area contributed by atoms with Gasteiger partial charge in [0.1, 0.15) is 0 Å². The molecule has 1 aromatic rings. The van der Waals surface area contributed by atoms with E-state index in [1.165, 1.54) is 43.2 Å². The van der Waals surface area contributed by atoms with Gasteiger partial charge < -0.3 is 5.11 Å². The molecule has 19 heavy (non-hydrogen) atoms. The summed E-state index contributed by atoms with van der Waals surface area (Å²) in [6.07, 6.45) is 6.61. The fourth-order valence-electron chi connectivity index (χ4n) is 3.29. The van der Waals surface area contributed by atoms with E-state index in [2.05, 4.69) is 45.0 Å². The van der Waals surface area contributed by atoms with Crippen LogP contribution in [0, 0.1) is 5.92 Å². The molecule has 1 N–H and O–H groups in total. The Morgan fingerprint density at radius 1 is 1.05 bits per heavy atom. The molecule has 1 atom stereocenters. The molecule has 1 fully saturated rings. The van der Waals surface area contributed by atoms with Gasteiger partial charge in [0.25, 0.3) is 0 Å². The van der Waals surface area contributed by atoms with Gasteiger partial charge in [-0.1, -0.05) is 64.3 Å². The van der Waals surface area contributed by atoms with Crippen LogP contribution in [0.15, 0.2) is 24.3 Å². The summed E-state index contributed by atoms with van der Waals surface area (Å²) in [6.45, 7) is 7.02. The van der Waals surface area contributed by atoms with Crippen molar-refractivity contribution in [3.8, 4) is 0 Å². The summed E-state index contributed by atoms with van der Waals surface area (Å²) in [5.41, 5.74) is 2.90. The van der Waals surface area contributed by atoms with E-state index in [0.29, 0.717) is 18.4 Å². The Kier molecular flexibility index (Phi) is 4.67. The Balaban J connectivity index is 2.14. The molecule has 1 saturated carbocycles. The zero-order chi connectivity index (χ0) is 13.9.